The third-order valence-electron chi connectivity index (χ3n) is 4.35. The van der Waals surface area contributed by atoms with Crippen LogP contribution in [0.2, 0.25) is 0 Å². The molecule has 2 unspecified atom stereocenters. The Hall–Kier alpha value is -1.96. The van der Waals surface area contributed by atoms with Crippen LogP contribution in [0.15, 0.2) is 18.3 Å². The molecule has 2 amide bonds. The number of nitrogens with zero attached hydrogens (tertiary/aromatic N) is 2. The molecule has 0 radical (unpaired) electrons. The minimum Gasteiger partial charge on any atom is -0.338 e. The van der Waals surface area contributed by atoms with E-state index in [-0.39, 0.29) is 42.3 Å². The fourth-order valence-corrected chi connectivity index (χ4v) is 4.84. The van der Waals surface area contributed by atoms with Gasteiger partial charge >= 0.3 is 0 Å². The van der Waals surface area contributed by atoms with Crippen molar-refractivity contribution in [1.29, 1.82) is 0 Å². The molecule has 0 bridgehead atoms. The summed E-state index contributed by atoms with van der Waals surface area (Å²) < 4.78 is 23.1. The highest BCUT2D eigenvalue weighted by atomic mass is 32.2. The van der Waals surface area contributed by atoms with Crippen LogP contribution >= 0.6 is 0 Å². The van der Waals surface area contributed by atoms with Crippen LogP contribution in [-0.4, -0.2) is 54.2 Å². The van der Waals surface area contributed by atoms with E-state index in [1.165, 1.54) is 0 Å². The van der Waals surface area contributed by atoms with E-state index in [0.717, 1.165) is 5.56 Å². The first kappa shape index (κ1) is 15.9. The molecule has 2 aliphatic heterocycles. The summed E-state index contributed by atoms with van der Waals surface area (Å²) in [7, 11) is -3.05. The van der Waals surface area contributed by atoms with Gasteiger partial charge in [0.25, 0.3) is 0 Å². The molecular formula is C15H19N3O4S. The summed E-state index contributed by atoms with van der Waals surface area (Å²) in [5.74, 6) is -0.278. The van der Waals surface area contributed by atoms with Gasteiger partial charge in [-0.1, -0.05) is 0 Å². The van der Waals surface area contributed by atoms with Crippen molar-refractivity contribution in [3.63, 3.8) is 0 Å². The average Bonchev–Trinajstić information content (AvgIpc) is 3.01. The molecule has 124 valence electrons. The molecule has 3 rings (SSSR count). The second-order valence-corrected chi connectivity index (χ2v) is 8.44. The van der Waals surface area contributed by atoms with E-state index in [1.807, 2.05) is 13.0 Å². The van der Waals surface area contributed by atoms with E-state index >= 15 is 0 Å². The Labute approximate surface area is 135 Å². The summed E-state index contributed by atoms with van der Waals surface area (Å²) >= 11 is 0. The molecule has 2 atom stereocenters. The zero-order valence-electron chi connectivity index (χ0n) is 12.9. The minimum atomic E-state index is -3.05. The molecule has 0 aromatic carbocycles. The maximum atomic E-state index is 12.3. The number of hydrogen-bond acceptors (Lipinski definition) is 5. The number of hydrogen-bond donors (Lipinski definition) is 1. The Kier molecular flexibility index (Phi) is 4.09. The van der Waals surface area contributed by atoms with E-state index in [0.29, 0.717) is 12.2 Å². The molecule has 1 aromatic rings. The van der Waals surface area contributed by atoms with Crippen LogP contribution in [-0.2, 0) is 19.4 Å². The summed E-state index contributed by atoms with van der Waals surface area (Å²) in [4.78, 5) is 30.1. The van der Waals surface area contributed by atoms with Gasteiger partial charge in [-0.25, -0.2) is 13.4 Å². The van der Waals surface area contributed by atoms with Crippen molar-refractivity contribution < 1.29 is 18.0 Å². The Morgan fingerprint density at radius 2 is 2.22 bits per heavy atom. The van der Waals surface area contributed by atoms with Gasteiger partial charge in [0.15, 0.2) is 9.84 Å². The number of sulfone groups is 1. The smallest absolute Gasteiger partial charge is 0.230 e. The Bertz CT molecular complexity index is 747. The maximum absolute atomic E-state index is 12.3. The lowest BCUT2D eigenvalue weighted by atomic mass is 10.1. The number of carbonyl (C=O) groups excluding carboxylic acids is 2. The van der Waals surface area contributed by atoms with E-state index in [2.05, 4.69) is 10.3 Å². The summed E-state index contributed by atoms with van der Waals surface area (Å²) in [6.07, 6.45) is 2.19. The van der Waals surface area contributed by atoms with Crippen LogP contribution in [0.4, 0.5) is 5.82 Å². The third kappa shape index (κ3) is 3.52. The highest BCUT2D eigenvalue weighted by Gasteiger charge is 2.41. The number of aryl methyl sites for hydroxylation is 1. The van der Waals surface area contributed by atoms with Gasteiger partial charge in [-0.15, -0.1) is 0 Å². The van der Waals surface area contributed by atoms with E-state index < -0.39 is 15.8 Å². The number of amides is 2. The predicted octanol–water partition coefficient (Wildman–Crippen LogP) is 0.364. The predicted molar refractivity (Wildman–Crippen MR) is 84.5 cm³/mol. The van der Waals surface area contributed by atoms with Crippen LogP contribution < -0.4 is 5.32 Å². The first-order valence-electron chi connectivity index (χ1n) is 7.57. The van der Waals surface area contributed by atoms with Gasteiger partial charge in [-0.2, -0.15) is 0 Å². The van der Waals surface area contributed by atoms with E-state index in [4.69, 9.17) is 0 Å². The van der Waals surface area contributed by atoms with Crippen LogP contribution in [0.25, 0.3) is 0 Å². The zero-order valence-corrected chi connectivity index (χ0v) is 13.7. The standard InChI is InChI=1S/C15H19N3O4S/c1-10-2-4-16-13(6-10)17-15(20)11-7-14(19)18(8-11)12-3-5-23(21,22)9-12/h2,4,6,11-12H,3,5,7-9H2,1H3,(H,16,17,20). The molecule has 23 heavy (non-hydrogen) atoms. The summed E-state index contributed by atoms with van der Waals surface area (Å²) in [6, 6.07) is 3.30. The lowest BCUT2D eigenvalue weighted by Gasteiger charge is -2.22. The molecule has 3 heterocycles. The molecule has 8 heteroatoms. The largest absolute Gasteiger partial charge is 0.338 e. The van der Waals surface area contributed by atoms with Crippen molar-refractivity contribution in [3.8, 4) is 0 Å². The number of pyridine rings is 1. The zero-order chi connectivity index (χ0) is 16.6. The SMILES string of the molecule is Cc1ccnc(NC(=O)C2CC(=O)N(C3CCS(=O)(=O)C3)C2)c1. The highest BCUT2D eigenvalue weighted by Crippen LogP contribution is 2.26. The van der Waals surface area contributed by atoms with Crippen LogP contribution in [0, 0.1) is 12.8 Å². The average molecular weight is 337 g/mol. The molecule has 2 saturated heterocycles. The molecule has 0 saturated carbocycles. The molecule has 7 nitrogen and oxygen atoms in total. The molecule has 0 aliphatic carbocycles. The number of aromatic nitrogens is 1. The molecule has 2 fully saturated rings. The van der Waals surface area contributed by atoms with Gasteiger partial charge < -0.3 is 10.2 Å². The summed E-state index contributed by atoms with van der Waals surface area (Å²) in [6.45, 7) is 2.18. The van der Waals surface area contributed by atoms with Crippen LogP contribution in [0.3, 0.4) is 0 Å². The van der Waals surface area contributed by atoms with Gasteiger partial charge in [-0.3, -0.25) is 9.59 Å². The van der Waals surface area contributed by atoms with E-state index in [9.17, 15) is 18.0 Å². The monoisotopic (exact) mass is 337 g/mol. The quantitative estimate of drug-likeness (QED) is 0.859. The Balaban J connectivity index is 1.64. The second-order valence-electron chi connectivity index (χ2n) is 6.21. The van der Waals surface area contributed by atoms with Crippen LogP contribution in [0.5, 0.6) is 0 Å². The molecule has 1 aromatic heterocycles. The fraction of sp³-hybridized carbons (Fsp3) is 0.533. The normalized spacial score (nSPS) is 26.5. The molecule has 2 aliphatic rings. The number of carbonyl (C=O) groups is 2. The van der Waals surface area contributed by atoms with Gasteiger partial charge in [0.2, 0.25) is 11.8 Å². The van der Waals surface area contributed by atoms with Gasteiger partial charge in [-0.05, 0) is 31.0 Å². The van der Waals surface area contributed by atoms with Gasteiger partial charge in [0, 0.05) is 25.2 Å². The molecular weight excluding hydrogens is 318 g/mol. The van der Waals surface area contributed by atoms with Gasteiger partial charge in [0.05, 0.1) is 17.4 Å². The number of anilines is 1. The van der Waals surface area contributed by atoms with E-state index in [1.54, 1.807) is 17.2 Å². The third-order valence-corrected chi connectivity index (χ3v) is 6.10. The van der Waals surface area contributed by atoms with Crippen molar-refractivity contribution >= 4 is 27.5 Å². The first-order chi connectivity index (χ1) is 10.8. The minimum absolute atomic E-state index is 0.00646. The lowest BCUT2D eigenvalue weighted by Crippen LogP contribution is -2.38. The van der Waals surface area contributed by atoms with Crippen molar-refractivity contribution in [2.45, 2.75) is 25.8 Å². The lowest BCUT2D eigenvalue weighted by molar-refractivity contribution is -0.129. The molecule has 0 spiro atoms. The summed E-state index contributed by atoms with van der Waals surface area (Å²) in [5, 5.41) is 2.73. The second kappa shape index (κ2) is 5.92. The number of nitrogens with one attached hydrogen (secondary N) is 1. The van der Waals surface area contributed by atoms with Crippen molar-refractivity contribution in [3.05, 3.63) is 23.9 Å². The first-order valence-corrected chi connectivity index (χ1v) is 9.39. The maximum Gasteiger partial charge on any atom is 0.230 e. The number of rotatable bonds is 3. The topological polar surface area (TPSA) is 96.4 Å². The van der Waals surface area contributed by atoms with Crippen molar-refractivity contribution in [1.82, 2.24) is 9.88 Å². The van der Waals surface area contributed by atoms with Crippen LogP contribution in [0.1, 0.15) is 18.4 Å². The van der Waals surface area contributed by atoms with Crippen molar-refractivity contribution in [2.24, 2.45) is 5.92 Å². The van der Waals surface area contributed by atoms with Crippen molar-refractivity contribution in [2.75, 3.05) is 23.4 Å². The highest BCUT2D eigenvalue weighted by molar-refractivity contribution is 7.91. The molecule has 1 N–H and O–H groups in total. The Morgan fingerprint density at radius 1 is 1.43 bits per heavy atom. The fourth-order valence-electron chi connectivity index (χ4n) is 3.11. The summed E-state index contributed by atoms with van der Waals surface area (Å²) in [5.41, 5.74) is 0.982. The van der Waals surface area contributed by atoms with Gasteiger partial charge in [0.1, 0.15) is 5.82 Å². The Morgan fingerprint density at radius 3 is 2.87 bits per heavy atom. The number of likely N-dealkylation sites (tertiary alicyclic amines) is 1.